The van der Waals surface area contributed by atoms with Crippen LogP contribution in [0.4, 0.5) is 4.39 Å². The van der Waals surface area contributed by atoms with Crippen LogP contribution in [0.3, 0.4) is 0 Å². The summed E-state index contributed by atoms with van der Waals surface area (Å²) in [7, 11) is 1.23. The number of esters is 1. The molecule has 0 fully saturated rings. The first kappa shape index (κ1) is 10.9. The summed E-state index contributed by atoms with van der Waals surface area (Å²) in [6, 6.07) is 5.78. The Morgan fingerprint density at radius 3 is 2.93 bits per heavy atom. The molecule has 4 heteroatoms. The van der Waals surface area contributed by atoms with E-state index in [0.717, 1.165) is 6.08 Å². The fraction of sp³-hybridized carbons (Fsp3) is 0.0909. The molecule has 1 aromatic carbocycles. The Hall–Kier alpha value is -2.15. The topological polar surface area (TPSA) is 50.1 Å². The number of rotatable bonds is 2. The van der Waals surface area contributed by atoms with Crippen LogP contribution in [0.2, 0.25) is 0 Å². The monoisotopic (exact) mass is 205 g/mol. The lowest BCUT2D eigenvalue weighted by Gasteiger charge is -1.96. The summed E-state index contributed by atoms with van der Waals surface area (Å²) in [6.45, 7) is 0. The van der Waals surface area contributed by atoms with Crippen molar-refractivity contribution in [3.8, 4) is 6.07 Å². The highest BCUT2D eigenvalue weighted by Gasteiger charge is 2.01. The summed E-state index contributed by atoms with van der Waals surface area (Å²) >= 11 is 0. The SMILES string of the molecule is COC(=O)C=Cc1cc(C#N)ccc1F. The normalized spacial score (nSPS) is 9.93. The molecule has 0 heterocycles. The number of benzene rings is 1. The Labute approximate surface area is 86.4 Å². The fourth-order valence-corrected chi connectivity index (χ4v) is 0.967. The average Bonchev–Trinajstić information content (AvgIpc) is 2.27. The van der Waals surface area contributed by atoms with Crippen molar-refractivity contribution in [3.05, 3.63) is 41.2 Å². The molecule has 0 aliphatic rings. The molecule has 0 N–H and O–H groups in total. The van der Waals surface area contributed by atoms with Crippen molar-refractivity contribution in [2.75, 3.05) is 7.11 Å². The second-order valence-electron chi connectivity index (χ2n) is 2.70. The summed E-state index contributed by atoms with van der Waals surface area (Å²) < 4.78 is 17.5. The molecule has 0 saturated heterocycles. The van der Waals surface area contributed by atoms with E-state index in [1.54, 1.807) is 0 Å². The van der Waals surface area contributed by atoms with Gasteiger partial charge in [0.15, 0.2) is 0 Å². The zero-order valence-electron chi connectivity index (χ0n) is 8.03. The minimum atomic E-state index is -0.572. The van der Waals surface area contributed by atoms with Gasteiger partial charge in [-0.3, -0.25) is 0 Å². The first-order valence-corrected chi connectivity index (χ1v) is 4.13. The Balaban J connectivity index is 2.99. The maximum absolute atomic E-state index is 13.1. The van der Waals surface area contributed by atoms with Gasteiger partial charge >= 0.3 is 5.97 Å². The molecule has 0 spiro atoms. The van der Waals surface area contributed by atoms with E-state index in [0.29, 0.717) is 5.56 Å². The molecule has 76 valence electrons. The van der Waals surface area contributed by atoms with E-state index < -0.39 is 11.8 Å². The van der Waals surface area contributed by atoms with Gasteiger partial charge in [0.2, 0.25) is 0 Å². The van der Waals surface area contributed by atoms with Crippen LogP contribution >= 0.6 is 0 Å². The van der Waals surface area contributed by atoms with Crippen molar-refractivity contribution in [1.29, 1.82) is 5.26 Å². The molecular weight excluding hydrogens is 197 g/mol. The zero-order chi connectivity index (χ0) is 11.3. The second-order valence-corrected chi connectivity index (χ2v) is 2.70. The molecule has 0 bridgehead atoms. The summed E-state index contributed by atoms with van der Waals surface area (Å²) in [6.07, 6.45) is 2.36. The molecule has 0 saturated carbocycles. The summed E-state index contributed by atoms with van der Waals surface area (Å²) in [5.41, 5.74) is 0.514. The highest BCUT2D eigenvalue weighted by atomic mass is 19.1. The van der Waals surface area contributed by atoms with Crippen LogP contribution in [0.25, 0.3) is 6.08 Å². The van der Waals surface area contributed by atoms with E-state index >= 15 is 0 Å². The van der Waals surface area contributed by atoms with Crippen molar-refractivity contribution in [2.45, 2.75) is 0 Å². The van der Waals surface area contributed by atoms with Crippen LogP contribution in [0.1, 0.15) is 11.1 Å². The standard InChI is InChI=1S/C11H8FNO2/c1-15-11(14)5-3-9-6-8(7-13)2-4-10(9)12/h2-6H,1H3. The number of carbonyl (C=O) groups excluding carboxylic acids is 1. The van der Waals surface area contributed by atoms with E-state index in [9.17, 15) is 9.18 Å². The molecule has 0 unspecified atom stereocenters. The quantitative estimate of drug-likeness (QED) is 0.547. The largest absolute Gasteiger partial charge is 0.466 e. The lowest BCUT2D eigenvalue weighted by Crippen LogP contribution is -1.94. The molecule has 0 aliphatic carbocycles. The number of halogens is 1. The van der Waals surface area contributed by atoms with E-state index in [4.69, 9.17) is 5.26 Å². The number of nitrogens with zero attached hydrogens (tertiary/aromatic N) is 1. The second kappa shape index (κ2) is 4.91. The van der Waals surface area contributed by atoms with Crippen LogP contribution in [0, 0.1) is 17.1 Å². The van der Waals surface area contributed by atoms with Crippen LogP contribution in [0.5, 0.6) is 0 Å². The Bertz CT molecular complexity index is 446. The van der Waals surface area contributed by atoms with E-state index in [-0.39, 0.29) is 5.56 Å². The minimum Gasteiger partial charge on any atom is -0.466 e. The number of carbonyl (C=O) groups is 1. The fourth-order valence-electron chi connectivity index (χ4n) is 0.967. The molecule has 0 amide bonds. The number of hydrogen-bond acceptors (Lipinski definition) is 3. The zero-order valence-corrected chi connectivity index (χ0v) is 8.03. The summed E-state index contributed by atoms with van der Waals surface area (Å²) in [5, 5.41) is 8.59. The lowest BCUT2D eigenvalue weighted by atomic mass is 10.1. The van der Waals surface area contributed by atoms with Crippen LogP contribution < -0.4 is 0 Å². The van der Waals surface area contributed by atoms with Gasteiger partial charge in [0.1, 0.15) is 5.82 Å². The molecular formula is C11H8FNO2. The highest BCUT2D eigenvalue weighted by Crippen LogP contribution is 2.11. The highest BCUT2D eigenvalue weighted by molar-refractivity contribution is 5.87. The van der Waals surface area contributed by atoms with E-state index in [2.05, 4.69) is 4.74 Å². The van der Waals surface area contributed by atoms with Gasteiger partial charge in [-0.05, 0) is 24.3 Å². The Kier molecular flexibility index (Phi) is 3.58. The number of hydrogen-bond donors (Lipinski definition) is 0. The molecule has 0 radical (unpaired) electrons. The molecule has 0 aromatic heterocycles. The van der Waals surface area contributed by atoms with Crippen molar-refractivity contribution in [1.82, 2.24) is 0 Å². The van der Waals surface area contributed by atoms with Gasteiger partial charge in [-0.2, -0.15) is 5.26 Å². The third kappa shape index (κ3) is 2.92. The van der Waals surface area contributed by atoms with Gasteiger partial charge in [0.05, 0.1) is 18.7 Å². The van der Waals surface area contributed by atoms with Gasteiger partial charge in [0.25, 0.3) is 0 Å². The van der Waals surface area contributed by atoms with Crippen molar-refractivity contribution in [3.63, 3.8) is 0 Å². The molecule has 0 aliphatic heterocycles. The van der Waals surface area contributed by atoms with Gasteiger partial charge in [-0.15, -0.1) is 0 Å². The first-order chi connectivity index (χ1) is 7.17. The maximum Gasteiger partial charge on any atom is 0.330 e. The smallest absolute Gasteiger partial charge is 0.330 e. The predicted octanol–water partition coefficient (Wildman–Crippen LogP) is 1.88. The third-order valence-electron chi connectivity index (χ3n) is 1.73. The maximum atomic E-state index is 13.1. The van der Waals surface area contributed by atoms with Gasteiger partial charge < -0.3 is 4.74 Å². The average molecular weight is 205 g/mol. The summed E-state index contributed by atoms with van der Waals surface area (Å²) in [4.78, 5) is 10.8. The van der Waals surface area contributed by atoms with E-state index in [1.165, 1.54) is 31.4 Å². The van der Waals surface area contributed by atoms with E-state index in [1.807, 2.05) is 6.07 Å². The molecule has 3 nitrogen and oxygen atoms in total. The number of methoxy groups -OCH3 is 1. The lowest BCUT2D eigenvalue weighted by molar-refractivity contribution is -0.134. The molecule has 15 heavy (non-hydrogen) atoms. The van der Waals surface area contributed by atoms with Crippen molar-refractivity contribution in [2.24, 2.45) is 0 Å². The minimum absolute atomic E-state index is 0.180. The van der Waals surface area contributed by atoms with Crippen LogP contribution in [0.15, 0.2) is 24.3 Å². The van der Waals surface area contributed by atoms with Crippen molar-refractivity contribution >= 4 is 12.0 Å². The number of ether oxygens (including phenoxy) is 1. The third-order valence-corrected chi connectivity index (χ3v) is 1.73. The van der Waals surface area contributed by atoms with Gasteiger partial charge in [0, 0.05) is 11.6 Å². The van der Waals surface area contributed by atoms with Gasteiger partial charge in [-0.1, -0.05) is 0 Å². The summed E-state index contributed by atoms with van der Waals surface area (Å²) in [5.74, 6) is -1.06. The van der Waals surface area contributed by atoms with Crippen LogP contribution in [-0.4, -0.2) is 13.1 Å². The Morgan fingerprint density at radius 1 is 1.60 bits per heavy atom. The Morgan fingerprint density at radius 2 is 2.33 bits per heavy atom. The van der Waals surface area contributed by atoms with Crippen molar-refractivity contribution < 1.29 is 13.9 Å². The van der Waals surface area contributed by atoms with Gasteiger partial charge in [-0.25, -0.2) is 9.18 Å². The predicted molar refractivity (Wildman–Crippen MR) is 52.2 cm³/mol. The first-order valence-electron chi connectivity index (χ1n) is 4.13. The van der Waals surface area contributed by atoms with Crippen LogP contribution in [-0.2, 0) is 9.53 Å². The number of nitriles is 1. The molecule has 1 aromatic rings. The molecule has 0 atom stereocenters. The molecule has 1 rings (SSSR count).